The summed E-state index contributed by atoms with van der Waals surface area (Å²) in [6.45, 7) is 13.9. The van der Waals surface area contributed by atoms with Gasteiger partial charge in [0.15, 0.2) is 0 Å². The molecule has 0 unspecified atom stereocenters. The van der Waals surface area contributed by atoms with E-state index < -0.39 is 8.07 Å². The van der Waals surface area contributed by atoms with Crippen LogP contribution in [-0.2, 0) is 4.79 Å². The zero-order valence-corrected chi connectivity index (χ0v) is 10.9. The van der Waals surface area contributed by atoms with Crippen molar-refractivity contribution >= 4 is 13.9 Å². The molecule has 14 heavy (non-hydrogen) atoms. The zero-order chi connectivity index (χ0) is 11.4. The van der Waals surface area contributed by atoms with Crippen molar-refractivity contribution in [1.29, 1.82) is 0 Å². The second-order valence-electron chi connectivity index (χ2n) is 5.21. The second-order valence-corrected chi connectivity index (χ2v) is 9.96. The molecule has 0 aromatic heterocycles. The number of rotatable bonds is 3. The lowest BCUT2D eigenvalue weighted by Gasteiger charge is -2.17. The zero-order valence-electron chi connectivity index (χ0n) is 9.90. The van der Waals surface area contributed by atoms with Crippen LogP contribution in [0.2, 0.25) is 19.6 Å². The average molecular weight is 208 g/mol. The topological polar surface area (TPSA) is 17.1 Å². The summed E-state index contributed by atoms with van der Waals surface area (Å²) in [5, 5.41) is 0. The van der Waals surface area contributed by atoms with Crippen molar-refractivity contribution < 1.29 is 4.79 Å². The molecule has 0 fully saturated rings. The van der Waals surface area contributed by atoms with Crippen molar-refractivity contribution in [3.8, 4) is 11.5 Å². The van der Waals surface area contributed by atoms with E-state index in [0.29, 0.717) is 6.42 Å². The molecule has 0 rings (SSSR count). The first kappa shape index (κ1) is 13.2. The number of carbonyl (C=O) groups is 1. The fraction of sp³-hybridized carbons (Fsp3) is 0.583. The van der Waals surface area contributed by atoms with E-state index in [4.69, 9.17) is 0 Å². The molecule has 0 aliphatic rings. The smallest absolute Gasteiger partial charge is 0.210 e. The van der Waals surface area contributed by atoms with Crippen LogP contribution in [0.3, 0.4) is 0 Å². The lowest BCUT2D eigenvalue weighted by atomic mass is 9.85. The number of hydrogen-bond donors (Lipinski definition) is 0. The summed E-state index contributed by atoms with van der Waals surface area (Å²) in [6, 6.07) is 0. The van der Waals surface area contributed by atoms with Crippen molar-refractivity contribution in [2.45, 2.75) is 39.9 Å². The van der Waals surface area contributed by atoms with Gasteiger partial charge in [0.1, 0.15) is 8.07 Å². The van der Waals surface area contributed by atoms with E-state index in [2.05, 4.69) is 37.7 Å². The molecule has 0 saturated carbocycles. The van der Waals surface area contributed by atoms with Crippen LogP contribution in [0.4, 0.5) is 0 Å². The minimum atomic E-state index is -1.43. The highest BCUT2D eigenvalue weighted by atomic mass is 28.3. The molecule has 0 aromatic carbocycles. The molecule has 0 aliphatic carbocycles. The normalized spacial score (nSPS) is 11.5. The summed E-state index contributed by atoms with van der Waals surface area (Å²) in [7, 11) is -1.43. The van der Waals surface area contributed by atoms with Gasteiger partial charge in [-0.1, -0.05) is 39.6 Å². The van der Waals surface area contributed by atoms with Crippen molar-refractivity contribution in [3.63, 3.8) is 0 Å². The summed E-state index contributed by atoms with van der Waals surface area (Å²) in [5.41, 5.74) is 2.71. The van der Waals surface area contributed by atoms with E-state index in [-0.39, 0.29) is 11.2 Å². The molecule has 0 aromatic rings. The maximum absolute atomic E-state index is 11.7. The molecule has 0 bridgehead atoms. The van der Waals surface area contributed by atoms with Crippen molar-refractivity contribution in [1.82, 2.24) is 0 Å². The maximum Gasteiger partial charge on any atom is 0.210 e. The molecule has 0 radical (unpaired) electrons. The van der Waals surface area contributed by atoms with Crippen molar-refractivity contribution in [2.75, 3.05) is 0 Å². The monoisotopic (exact) mass is 208 g/mol. The van der Waals surface area contributed by atoms with E-state index in [1.54, 1.807) is 6.08 Å². The van der Waals surface area contributed by atoms with Gasteiger partial charge in [-0.25, -0.2) is 0 Å². The first-order valence-corrected chi connectivity index (χ1v) is 8.37. The summed E-state index contributed by atoms with van der Waals surface area (Å²) >= 11 is 0. The Hall–Kier alpha value is -0.813. The lowest BCUT2D eigenvalue weighted by molar-refractivity contribution is -0.121. The van der Waals surface area contributed by atoms with Crippen molar-refractivity contribution in [2.24, 2.45) is 5.41 Å². The van der Waals surface area contributed by atoms with E-state index >= 15 is 0 Å². The Morgan fingerprint density at radius 1 is 1.43 bits per heavy atom. The van der Waals surface area contributed by atoms with Gasteiger partial charge in [-0.15, -0.1) is 12.1 Å². The number of ketones is 1. The van der Waals surface area contributed by atoms with Crippen LogP contribution in [-0.4, -0.2) is 13.9 Å². The van der Waals surface area contributed by atoms with E-state index in [0.717, 1.165) is 0 Å². The minimum absolute atomic E-state index is 0.0276. The van der Waals surface area contributed by atoms with Gasteiger partial charge >= 0.3 is 0 Å². The van der Waals surface area contributed by atoms with Crippen LogP contribution >= 0.6 is 0 Å². The van der Waals surface area contributed by atoms with Gasteiger partial charge in [0.25, 0.3) is 0 Å². The van der Waals surface area contributed by atoms with Crippen molar-refractivity contribution in [3.05, 3.63) is 12.7 Å². The van der Waals surface area contributed by atoms with Crippen LogP contribution in [0.5, 0.6) is 0 Å². The first-order valence-electron chi connectivity index (χ1n) is 4.87. The number of carbonyl (C=O) groups excluding carboxylic acids is 1. The molecule has 2 heteroatoms. The molecular formula is C12H20OSi. The van der Waals surface area contributed by atoms with E-state index in [1.807, 2.05) is 13.8 Å². The molecular weight excluding hydrogens is 188 g/mol. The molecule has 78 valence electrons. The molecule has 0 amide bonds. The maximum atomic E-state index is 11.7. The third kappa shape index (κ3) is 5.03. The van der Waals surface area contributed by atoms with Gasteiger partial charge < -0.3 is 0 Å². The summed E-state index contributed by atoms with van der Waals surface area (Å²) in [6.07, 6.45) is 2.46. The number of allylic oxidation sites excluding steroid dienone is 1. The number of hydrogen-bond acceptors (Lipinski definition) is 1. The summed E-state index contributed by atoms with van der Waals surface area (Å²) < 4.78 is 0. The third-order valence-corrected chi connectivity index (χ3v) is 2.70. The van der Waals surface area contributed by atoms with Crippen LogP contribution in [0, 0.1) is 16.9 Å². The average Bonchev–Trinajstić information content (AvgIpc) is 1.98. The van der Waals surface area contributed by atoms with Gasteiger partial charge in [0, 0.05) is 5.41 Å². The van der Waals surface area contributed by atoms with Gasteiger partial charge in [0.2, 0.25) is 5.78 Å². The second kappa shape index (κ2) is 4.61. The Balaban J connectivity index is 4.62. The van der Waals surface area contributed by atoms with Gasteiger partial charge in [-0.05, 0) is 12.3 Å². The van der Waals surface area contributed by atoms with Gasteiger partial charge in [-0.2, -0.15) is 0 Å². The fourth-order valence-corrected chi connectivity index (χ4v) is 1.36. The Bertz CT molecular complexity index is 284. The highest BCUT2D eigenvalue weighted by molar-refractivity contribution is 6.84. The van der Waals surface area contributed by atoms with Crippen LogP contribution in [0.15, 0.2) is 12.7 Å². The fourth-order valence-electron chi connectivity index (χ4n) is 0.867. The standard InChI is InChI=1S/C12H20OSi/c1-7-9-12(2,3)11(13)8-10-14(4,5)6/h7H,1,9H2,2-6H3. The first-order chi connectivity index (χ1) is 6.19. The van der Waals surface area contributed by atoms with Crippen LogP contribution < -0.4 is 0 Å². The molecule has 0 atom stereocenters. The molecule has 1 nitrogen and oxygen atoms in total. The summed E-state index contributed by atoms with van der Waals surface area (Å²) in [4.78, 5) is 11.7. The SMILES string of the molecule is C=CCC(C)(C)C(=O)C#C[Si](C)(C)C. The predicted molar refractivity (Wildman–Crippen MR) is 64.7 cm³/mol. The summed E-state index contributed by atoms with van der Waals surface area (Å²) in [5.74, 6) is 2.80. The largest absolute Gasteiger partial charge is 0.284 e. The molecule has 0 N–H and O–H groups in total. The third-order valence-electron chi connectivity index (χ3n) is 1.82. The predicted octanol–water partition coefficient (Wildman–Crippen LogP) is 3.04. The Labute approximate surface area is 88.6 Å². The minimum Gasteiger partial charge on any atom is -0.284 e. The highest BCUT2D eigenvalue weighted by Gasteiger charge is 2.24. The molecule has 0 spiro atoms. The number of Topliss-reactive ketones (excluding diaryl/α,β-unsaturated/α-hetero) is 1. The highest BCUT2D eigenvalue weighted by Crippen LogP contribution is 2.21. The van der Waals surface area contributed by atoms with Gasteiger partial charge in [-0.3, -0.25) is 4.79 Å². The Morgan fingerprint density at radius 2 is 1.93 bits per heavy atom. The Morgan fingerprint density at radius 3 is 2.29 bits per heavy atom. The quantitative estimate of drug-likeness (QED) is 0.396. The van der Waals surface area contributed by atoms with Crippen LogP contribution in [0.1, 0.15) is 20.3 Å². The Kier molecular flexibility index (Phi) is 4.34. The van der Waals surface area contributed by atoms with E-state index in [9.17, 15) is 4.79 Å². The van der Waals surface area contributed by atoms with Crippen LogP contribution in [0.25, 0.3) is 0 Å². The molecule has 0 heterocycles. The van der Waals surface area contributed by atoms with Gasteiger partial charge in [0.05, 0.1) is 0 Å². The lowest BCUT2D eigenvalue weighted by Crippen LogP contribution is -2.24. The van der Waals surface area contributed by atoms with E-state index in [1.165, 1.54) is 0 Å². The molecule has 0 saturated heterocycles. The molecule has 0 aliphatic heterocycles.